The summed E-state index contributed by atoms with van der Waals surface area (Å²) in [5, 5.41) is 3.00. The lowest BCUT2D eigenvalue weighted by Gasteiger charge is -2.17. The van der Waals surface area contributed by atoms with Crippen LogP contribution in [0.4, 0.5) is 4.79 Å². The van der Waals surface area contributed by atoms with Crippen molar-refractivity contribution >= 4 is 6.03 Å². The lowest BCUT2D eigenvalue weighted by Crippen LogP contribution is -2.37. The smallest absolute Gasteiger partial charge is 0.317 e. The van der Waals surface area contributed by atoms with Gasteiger partial charge in [0.15, 0.2) is 0 Å². The number of carbonyl (C=O) groups is 1. The third-order valence-electron chi connectivity index (χ3n) is 4.35. The molecule has 1 saturated heterocycles. The molecule has 2 aromatic rings. The molecule has 1 N–H and O–H groups in total. The minimum atomic E-state index is 0.0132. The molecule has 1 unspecified atom stereocenters. The number of methoxy groups -OCH3 is 1. The van der Waals surface area contributed by atoms with E-state index < -0.39 is 0 Å². The van der Waals surface area contributed by atoms with E-state index in [9.17, 15) is 4.79 Å². The van der Waals surface area contributed by atoms with Crippen LogP contribution in [-0.4, -0.2) is 31.1 Å². The Morgan fingerprint density at radius 3 is 2.61 bits per heavy atom. The van der Waals surface area contributed by atoms with Gasteiger partial charge in [-0.2, -0.15) is 0 Å². The Morgan fingerprint density at radius 1 is 1.17 bits per heavy atom. The van der Waals surface area contributed by atoms with Crippen molar-refractivity contribution in [3.8, 4) is 5.75 Å². The number of hydrogen-bond donors (Lipinski definition) is 1. The van der Waals surface area contributed by atoms with Crippen LogP contribution in [0.1, 0.15) is 23.5 Å². The van der Waals surface area contributed by atoms with Crippen molar-refractivity contribution < 1.29 is 9.53 Å². The van der Waals surface area contributed by atoms with E-state index in [1.807, 2.05) is 35.2 Å². The van der Waals surface area contributed by atoms with Crippen molar-refractivity contribution in [3.63, 3.8) is 0 Å². The molecular formula is C19H22N2O2. The average molecular weight is 310 g/mol. The van der Waals surface area contributed by atoms with Crippen LogP contribution >= 0.6 is 0 Å². The number of hydrogen-bond acceptors (Lipinski definition) is 2. The lowest BCUT2D eigenvalue weighted by atomic mass is 9.99. The van der Waals surface area contributed by atoms with Crippen molar-refractivity contribution in [1.82, 2.24) is 10.2 Å². The summed E-state index contributed by atoms with van der Waals surface area (Å²) in [5.41, 5.74) is 2.39. The molecule has 3 rings (SSSR count). The molecule has 0 radical (unpaired) electrons. The highest BCUT2D eigenvalue weighted by atomic mass is 16.5. The standard InChI is InChI=1S/C19H22N2O2/c1-23-18-9-7-15(8-10-18)13-20-19(22)21-12-11-17(14-21)16-5-3-2-4-6-16/h2-10,17H,11-14H2,1H3,(H,20,22). The summed E-state index contributed by atoms with van der Waals surface area (Å²) in [6.45, 7) is 2.14. The third-order valence-corrected chi connectivity index (χ3v) is 4.35. The van der Waals surface area contributed by atoms with Gasteiger partial charge in [0.1, 0.15) is 5.75 Å². The molecule has 4 heteroatoms. The van der Waals surface area contributed by atoms with Crippen LogP contribution in [0.2, 0.25) is 0 Å². The molecule has 0 bridgehead atoms. The maximum atomic E-state index is 12.3. The zero-order chi connectivity index (χ0) is 16.1. The van der Waals surface area contributed by atoms with Gasteiger partial charge in [0, 0.05) is 25.6 Å². The first-order valence-electron chi connectivity index (χ1n) is 7.97. The molecule has 1 atom stereocenters. The number of nitrogens with one attached hydrogen (secondary N) is 1. The largest absolute Gasteiger partial charge is 0.497 e. The van der Waals surface area contributed by atoms with Gasteiger partial charge >= 0.3 is 6.03 Å². The SMILES string of the molecule is COc1ccc(CNC(=O)N2CCC(c3ccccc3)C2)cc1. The van der Waals surface area contributed by atoms with E-state index >= 15 is 0 Å². The van der Waals surface area contributed by atoms with Gasteiger partial charge in [0.25, 0.3) is 0 Å². The highest BCUT2D eigenvalue weighted by Gasteiger charge is 2.26. The molecule has 1 aliphatic rings. The van der Waals surface area contributed by atoms with Gasteiger partial charge in [0.05, 0.1) is 7.11 Å². The number of benzene rings is 2. The summed E-state index contributed by atoms with van der Waals surface area (Å²) in [6, 6.07) is 18.2. The van der Waals surface area contributed by atoms with Gasteiger partial charge in [0.2, 0.25) is 0 Å². The zero-order valence-electron chi connectivity index (χ0n) is 13.4. The summed E-state index contributed by atoms with van der Waals surface area (Å²) >= 11 is 0. The number of nitrogens with zero attached hydrogens (tertiary/aromatic N) is 1. The fourth-order valence-corrected chi connectivity index (χ4v) is 2.97. The molecule has 4 nitrogen and oxygen atoms in total. The molecule has 0 aliphatic carbocycles. The molecule has 0 spiro atoms. The molecular weight excluding hydrogens is 288 g/mol. The van der Waals surface area contributed by atoms with E-state index in [0.29, 0.717) is 12.5 Å². The molecule has 0 saturated carbocycles. The number of rotatable bonds is 4. The second kappa shape index (κ2) is 7.18. The van der Waals surface area contributed by atoms with Gasteiger partial charge in [-0.15, -0.1) is 0 Å². The lowest BCUT2D eigenvalue weighted by molar-refractivity contribution is 0.208. The highest BCUT2D eigenvalue weighted by Crippen LogP contribution is 2.26. The number of ether oxygens (including phenoxy) is 1. The first-order valence-corrected chi connectivity index (χ1v) is 7.97. The average Bonchev–Trinajstić information content (AvgIpc) is 3.11. The molecule has 120 valence electrons. The Hall–Kier alpha value is -2.49. The van der Waals surface area contributed by atoms with Crippen LogP contribution < -0.4 is 10.1 Å². The first kappa shape index (κ1) is 15.4. The Bertz CT molecular complexity index is 640. The Morgan fingerprint density at radius 2 is 1.91 bits per heavy atom. The topological polar surface area (TPSA) is 41.6 Å². The third kappa shape index (κ3) is 3.83. The molecule has 1 fully saturated rings. The summed E-state index contributed by atoms with van der Waals surface area (Å²) in [5.74, 6) is 1.27. The van der Waals surface area contributed by atoms with E-state index in [2.05, 4.69) is 29.6 Å². The zero-order valence-corrected chi connectivity index (χ0v) is 13.4. The fraction of sp³-hybridized carbons (Fsp3) is 0.316. The first-order chi connectivity index (χ1) is 11.3. The van der Waals surface area contributed by atoms with Crippen molar-refractivity contribution in [2.45, 2.75) is 18.9 Å². The van der Waals surface area contributed by atoms with E-state index in [1.54, 1.807) is 7.11 Å². The normalized spacial score (nSPS) is 17.1. The number of carbonyl (C=O) groups excluding carboxylic acids is 1. The number of likely N-dealkylation sites (tertiary alicyclic amines) is 1. The highest BCUT2D eigenvalue weighted by molar-refractivity contribution is 5.74. The van der Waals surface area contributed by atoms with Crippen molar-refractivity contribution in [2.24, 2.45) is 0 Å². The molecule has 2 aromatic carbocycles. The van der Waals surface area contributed by atoms with E-state index in [4.69, 9.17) is 4.74 Å². The van der Waals surface area contributed by atoms with Gasteiger partial charge in [-0.25, -0.2) is 4.79 Å². The quantitative estimate of drug-likeness (QED) is 0.940. The van der Waals surface area contributed by atoms with Gasteiger partial charge in [-0.3, -0.25) is 0 Å². The van der Waals surface area contributed by atoms with Crippen molar-refractivity contribution in [1.29, 1.82) is 0 Å². The van der Waals surface area contributed by atoms with Crippen LogP contribution in [0.5, 0.6) is 5.75 Å². The monoisotopic (exact) mass is 310 g/mol. The summed E-state index contributed by atoms with van der Waals surface area (Å²) < 4.78 is 5.13. The molecule has 1 heterocycles. The predicted octanol–water partition coefficient (Wildman–Crippen LogP) is 3.39. The van der Waals surface area contributed by atoms with Crippen molar-refractivity contribution in [3.05, 3.63) is 65.7 Å². The Kier molecular flexibility index (Phi) is 4.81. The van der Waals surface area contributed by atoms with Crippen molar-refractivity contribution in [2.75, 3.05) is 20.2 Å². The van der Waals surface area contributed by atoms with E-state index in [1.165, 1.54) is 5.56 Å². The maximum Gasteiger partial charge on any atom is 0.317 e. The second-order valence-corrected chi connectivity index (χ2v) is 5.85. The minimum absolute atomic E-state index is 0.0132. The fourth-order valence-electron chi connectivity index (χ4n) is 2.97. The van der Waals surface area contributed by atoms with Crippen LogP contribution in [0.3, 0.4) is 0 Å². The predicted molar refractivity (Wildman–Crippen MR) is 90.6 cm³/mol. The number of urea groups is 1. The van der Waals surface area contributed by atoms with E-state index in [0.717, 1.165) is 30.8 Å². The molecule has 1 aliphatic heterocycles. The Labute approximate surface area is 137 Å². The van der Waals surface area contributed by atoms with E-state index in [-0.39, 0.29) is 6.03 Å². The number of amides is 2. The molecule has 23 heavy (non-hydrogen) atoms. The molecule has 0 aromatic heterocycles. The van der Waals surface area contributed by atoms with Gasteiger partial charge in [-0.1, -0.05) is 42.5 Å². The second-order valence-electron chi connectivity index (χ2n) is 5.85. The van der Waals surface area contributed by atoms with Gasteiger partial charge in [-0.05, 0) is 29.7 Å². The maximum absolute atomic E-state index is 12.3. The minimum Gasteiger partial charge on any atom is -0.497 e. The Balaban J connectivity index is 1.51. The van der Waals surface area contributed by atoms with Crippen LogP contribution in [0, 0.1) is 0 Å². The van der Waals surface area contributed by atoms with Gasteiger partial charge < -0.3 is 15.0 Å². The van der Waals surface area contributed by atoms with Crippen LogP contribution in [0.15, 0.2) is 54.6 Å². The summed E-state index contributed by atoms with van der Waals surface area (Å²) in [4.78, 5) is 14.2. The summed E-state index contributed by atoms with van der Waals surface area (Å²) in [6.07, 6.45) is 1.03. The van der Waals surface area contributed by atoms with Crippen LogP contribution in [-0.2, 0) is 6.54 Å². The molecule has 2 amide bonds. The summed E-state index contributed by atoms with van der Waals surface area (Å²) in [7, 11) is 1.65. The van der Waals surface area contributed by atoms with Crippen LogP contribution in [0.25, 0.3) is 0 Å².